The van der Waals surface area contributed by atoms with E-state index in [0.717, 1.165) is 43.4 Å². The maximum absolute atomic E-state index is 11.1. The summed E-state index contributed by atoms with van der Waals surface area (Å²) < 4.78 is 1.80. The highest BCUT2D eigenvalue weighted by atomic mass is 32.2. The molecule has 1 amide bonds. The van der Waals surface area contributed by atoms with Crippen molar-refractivity contribution in [2.45, 2.75) is 37.9 Å². The summed E-state index contributed by atoms with van der Waals surface area (Å²) >= 11 is 1.59. The van der Waals surface area contributed by atoms with Crippen molar-refractivity contribution in [3.05, 3.63) is 0 Å². The molecule has 0 spiro atoms. The SMILES string of the molecule is CCCNCCn1nnnc1SCCCC(=O)NC. The lowest BCUT2D eigenvalue weighted by Gasteiger charge is -2.05. The van der Waals surface area contributed by atoms with Crippen LogP contribution in [0, 0.1) is 0 Å². The van der Waals surface area contributed by atoms with Gasteiger partial charge in [0, 0.05) is 25.8 Å². The minimum atomic E-state index is 0.0731. The highest BCUT2D eigenvalue weighted by molar-refractivity contribution is 7.99. The summed E-state index contributed by atoms with van der Waals surface area (Å²) in [4.78, 5) is 11.1. The summed E-state index contributed by atoms with van der Waals surface area (Å²) in [5.41, 5.74) is 0. The van der Waals surface area contributed by atoms with Crippen LogP contribution in [0.5, 0.6) is 0 Å². The number of amides is 1. The largest absolute Gasteiger partial charge is 0.359 e. The van der Waals surface area contributed by atoms with Gasteiger partial charge in [-0.2, -0.15) is 0 Å². The zero-order valence-electron chi connectivity index (χ0n) is 11.6. The molecule has 8 heteroatoms. The van der Waals surface area contributed by atoms with Gasteiger partial charge >= 0.3 is 0 Å². The molecule has 0 fully saturated rings. The first kappa shape index (κ1) is 15.9. The van der Waals surface area contributed by atoms with Crippen LogP contribution in [0.2, 0.25) is 0 Å². The Morgan fingerprint density at radius 3 is 3.00 bits per heavy atom. The number of carbonyl (C=O) groups excluding carboxylic acids is 1. The van der Waals surface area contributed by atoms with E-state index in [9.17, 15) is 4.79 Å². The predicted octanol–water partition coefficient (Wildman–Crippen LogP) is 0.291. The quantitative estimate of drug-likeness (QED) is 0.475. The Balaban J connectivity index is 2.22. The van der Waals surface area contributed by atoms with Crippen molar-refractivity contribution < 1.29 is 4.79 Å². The van der Waals surface area contributed by atoms with Gasteiger partial charge in [-0.05, 0) is 29.8 Å². The molecule has 0 aliphatic heterocycles. The lowest BCUT2D eigenvalue weighted by Crippen LogP contribution is -2.21. The second kappa shape index (κ2) is 9.74. The third-order valence-corrected chi connectivity index (χ3v) is 3.53. The average molecular weight is 286 g/mol. The van der Waals surface area contributed by atoms with E-state index in [1.54, 1.807) is 23.5 Å². The lowest BCUT2D eigenvalue weighted by atomic mass is 10.3. The van der Waals surface area contributed by atoms with Gasteiger partial charge in [-0.25, -0.2) is 4.68 Å². The normalized spacial score (nSPS) is 10.6. The van der Waals surface area contributed by atoms with E-state index in [1.165, 1.54) is 0 Å². The molecule has 0 radical (unpaired) electrons. The number of rotatable bonds is 10. The fourth-order valence-corrected chi connectivity index (χ4v) is 2.29. The van der Waals surface area contributed by atoms with Crippen LogP contribution in [0.25, 0.3) is 0 Å². The lowest BCUT2D eigenvalue weighted by molar-refractivity contribution is -0.120. The van der Waals surface area contributed by atoms with Gasteiger partial charge in [0.1, 0.15) is 0 Å². The first-order valence-corrected chi connectivity index (χ1v) is 7.56. The highest BCUT2D eigenvalue weighted by Gasteiger charge is 2.06. The molecule has 108 valence electrons. The predicted molar refractivity (Wildman–Crippen MR) is 75.0 cm³/mol. The van der Waals surface area contributed by atoms with E-state index in [2.05, 4.69) is 33.1 Å². The summed E-state index contributed by atoms with van der Waals surface area (Å²) in [7, 11) is 1.65. The standard InChI is InChI=1S/C11H22N6OS/c1-3-6-13-7-8-17-11(14-15-16-17)19-9-4-5-10(18)12-2/h13H,3-9H2,1-2H3,(H,12,18). The molecule has 1 aromatic rings. The van der Waals surface area contributed by atoms with Crippen molar-refractivity contribution in [3.63, 3.8) is 0 Å². The number of carbonyl (C=O) groups is 1. The molecule has 2 N–H and O–H groups in total. The van der Waals surface area contributed by atoms with E-state index < -0.39 is 0 Å². The third-order valence-electron chi connectivity index (χ3n) is 2.48. The van der Waals surface area contributed by atoms with Gasteiger partial charge in [-0.3, -0.25) is 4.79 Å². The van der Waals surface area contributed by atoms with Gasteiger partial charge in [0.05, 0.1) is 6.54 Å². The van der Waals surface area contributed by atoms with Crippen molar-refractivity contribution >= 4 is 17.7 Å². The van der Waals surface area contributed by atoms with Crippen LogP contribution in [0.4, 0.5) is 0 Å². The molecule has 1 rings (SSSR count). The Hall–Kier alpha value is -1.15. The third kappa shape index (κ3) is 6.53. The topological polar surface area (TPSA) is 84.7 Å². The first-order chi connectivity index (χ1) is 9.27. The van der Waals surface area contributed by atoms with Crippen molar-refractivity contribution in [1.29, 1.82) is 0 Å². The molecule has 0 bridgehead atoms. The second-order valence-corrected chi connectivity index (χ2v) is 5.12. The van der Waals surface area contributed by atoms with Gasteiger partial charge in [0.25, 0.3) is 0 Å². The zero-order chi connectivity index (χ0) is 13.9. The van der Waals surface area contributed by atoms with Crippen molar-refractivity contribution in [2.75, 3.05) is 25.9 Å². The molecule has 0 saturated heterocycles. The van der Waals surface area contributed by atoms with E-state index in [4.69, 9.17) is 0 Å². The minimum absolute atomic E-state index is 0.0731. The van der Waals surface area contributed by atoms with Crippen LogP contribution in [-0.2, 0) is 11.3 Å². The van der Waals surface area contributed by atoms with Crippen LogP contribution in [0.3, 0.4) is 0 Å². The molecular formula is C11H22N6OS. The number of hydrogen-bond donors (Lipinski definition) is 2. The smallest absolute Gasteiger partial charge is 0.219 e. The number of nitrogens with zero attached hydrogens (tertiary/aromatic N) is 4. The van der Waals surface area contributed by atoms with Gasteiger partial charge in [-0.15, -0.1) is 5.10 Å². The Labute approximate surface area is 117 Å². The monoisotopic (exact) mass is 286 g/mol. The molecule has 0 saturated carbocycles. The van der Waals surface area contributed by atoms with Crippen molar-refractivity contribution in [1.82, 2.24) is 30.8 Å². The number of thioether (sulfide) groups is 1. The maximum Gasteiger partial charge on any atom is 0.219 e. The molecule has 1 heterocycles. The number of hydrogen-bond acceptors (Lipinski definition) is 6. The Kier molecular flexibility index (Phi) is 8.15. The van der Waals surface area contributed by atoms with E-state index >= 15 is 0 Å². The van der Waals surface area contributed by atoms with Crippen molar-refractivity contribution in [2.24, 2.45) is 0 Å². The molecule has 19 heavy (non-hydrogen) atoms. The van der Waals surface area contributed by atoms with Gasteiger partial charge in [0.2, 0.25) is 11.1 Å². The Morgan fingerprint density at radius 1 is 1.42 bits per heavy atom. The fraction of sp³-hybridized carbons (Fsp3) is 0.818. The van der Waals surface area contributed by atoms with Crippen LogP contribution in [0.1, 0.15) is 26.2 Å². The van der Waals surface area contributed by atoms with E-state index in [1.807, 2.05) is 0 Å². The van der Waals surface area contributed by atoms with Crippen LogP contribution in [0.15, 0.2) is 5.16 Å². The van der Waals surface area contributed by atoms with Crippen LogP contribution in [-0.4, -0.2) is 52.0 Å². The van der Waals surface area contributed by atoms with Crippen LogP contribution < -0.4 is 10.6 Å². The maximum atomic E-state index is 11.1. The Bertz CT molecular complexity index is 370. The van der Waals surface area contributed by atoms with E-state index in [0.29, 0.717) is 6.42 Å². The molecule has 0 atom stereocenters. The molecule has 1 aromatic heterocycles. The van der Waals surface area contributed by atoms with Crippen molar-refractivity contribution in [3.8, 4) is 0 Å². The molecule has 0 aliphatic carbocycles. The van der Waals surface area contributed by atoms with Gasteiger partial charge in [0.15, 0.2) is 0 Å². The summed E-state index contributed by atoms with van der Waals surface area (Å²) in [5, 5.41) is 18.4. The van der Waals surface area contributed by atoms with Crippen LogP contribution >= 0.6 is 11.8 Å². The van der Waals surface area contributed by atoms with Gasteiger partial charge in [-0.1, -0.05) is 18.7 Å². The second-order valence-electron chi connectivity index (χ2n) is 4.06. The fourth-order valence-electron chi connectivity index (χ4n) is 1.45. The summed E-state index contributed by atoms with van der Waals surface area (Å²) in [6, 6.07) is 0. The minimum Gasteiger partial charge on any atom is -0.359 e. The number of tetrazole rings is 1. The molecule has 7 nitrogen and oxygen atoms in total. The zero-order valence-corrected chi connectivity index (χ0v) is 12.4. The first-order valence-electron chi connectivity index (χ1n) is 6.58. The summed E-state index contributed by atoms with van der Waals surface area (Å²) in [5.74, 6) is 0.917. The van der Waals surface area contributed by atoms with Gasteiger partial charge < -0.3 is 10.6 Å². The summed E-state index contributed by atoms with van der Waals surface area (Å²) in [6.07, 6.45) is 2.49. The molecule has 0 unspecified atom stereocenters. The highest BCUT2D eigenvalue weighted by Crippen LogP contribution is 2.15. The molecular weight excluding hydrogens is 264 g/mol. The Morgan fingerprint density at radius 2 is 2.26 bits per heavy atom. The average Bonchev–Trinajstić information content (AvgIpc) is 2.87. The molecule has 0 aromatic carbocycles. The molecule has 0 aliphatic rings. The van der Waals surface area contributed by atoms with E-state index in [-0.39, 0.29) is 5.91 Å². The number of aromatic nitrogens is 4. The number of nitrogens with one attached hydrogen (secondary N) is 2. The summed E-state index contributed by atoms with van der Waals surface area (Å²) in [6.45, 7) is 4.78.